The molecule has 3 heteroatoms. The van der Waals surface area contributed by atoms with Gasteiger partial charge in [0.2, 0.25) is 0 Å². The average Bonchev–Trinajstić information content (AvgIpc) is 2.88. The maximum Gasteiger partial charge on any atom is 0.196 e. The number of benzene rings is 1. The number of aliphatic imine (C=N–C) groups is 1. The van der Waals surface area contributed by atoms with Crippen LogP contribution in [0.3, 0.4) is 0 Å². The van der Waals surface area contributed by atoms with Gasteiger partial charge in [-0.3, -0.25) is 4.99 Å². The van der Waals surface area contributed by atoms with Crippen molar-refractivity contribution < 1.29 is 4.74 Å². The lowest BCUT2D eigenvalue weighted by molar-refractivity contribution is 0.115. The molecule has 0 aliphatic carbocycles. The summed E-state index contributed by atoms with van der Waals surface area (Å²) in [5, 5.41) is 0. The van der Waals surface area contributed by atoms with Crippen molar-refractivity contribution in [2.45, 2.75) is 31.2 Å². The molecular weight excluding hydrogens is 230 g/mol. The summed E-state index contributed by atoms with van der Waals surface area (Å²) < 4.78 is 5.65. The van der Waals surface area contributed by atoms with E-state index in [1.165, 1.54) is 12.0 Å². The lowest BCUT2D eigenvalue weighted by Gasteiger charge is -2.12. The van der Waals surface area contributed by atoms with Gasteiger partial charge in [0, 0.05) is 12.0 Å². The molecule has 0 radical (unpaired) electrons. The first kappa shape index (κ1) is 12.7. The molecule has 0 saturated carbocycles. The predicted molar refractivity (Wildman–Crippen MR) is 74.8 cm³/mol. The van der Waals surface area contributed by atoms with Crippen LogP contribution in [0.15, 0.2) is 35.3 Å². The summed E-state index contributed by atoms with van der Waals surface area (Å²) in [7, 11) is 0. The number of hydrogen-bond donors (Lipinski definition) is 0. The number of hydrogen-bond acceptors (Lipinski definition) is 3. The van der Waals surface area contributed by atoms with Crippen LogP contribution in [0.2, 0.25) is 0 Å². The van der Waals surface area contributed by atoms with E-state index in [1.54, 1.807) is 11.8 Å². The number of rotatable bonds is 6. The number of thioether (sulfide) groups is 1. The van der Waals surface area contributed by atoms with E-state index < -0.39 is 0 Å². The van der Waals surface area contributed by atoms with Crippen molar-refractivity contribution in [2.75, 3.05) is 12.4 Å². The Hall–Kier alpha value is -0.800. The Morgan fingerprint density at radius 3 is 2.94 bits per heavy atom. The second-order valence-electron chi connectivity index (χ2n) is 4.30. The summed E-state index contributed by atoms with van der Waals surface area (Å²) in [6.07, 6.45) is 4.20. The van der Waals surface area contributed by atoms with Gasteiger partial charge in [-0.25, -0.2) is 0 Å². The largest absolute Gasteiger partial charge is 0.347 e. The summed E-state index contributed by atoms with van der Waals surface area (Å²) in [6, 6.07) is 10.7. The van der Waals surface area contributed by atoms with Gasteiger partial charge in [0.1, 0.15) is 0 Å². The highest BCUT2D eigenvalue weighted by Crippen LogP contribution is 2.22. The Kier molecular flexibility index (Phi) is 5.08. The highest BCUT2D eigenvalue weighted by Gasteiger charge is 2.11. The molecule has 0 fully saturated rings. The van der Waals surface area contributed by atoms with Crippen molar-refractivity contribution in [2.24, 2.45) is 4.99 Å². The summed E-state index contributed by atoms with van der Waals surface area (Å²) >= 11 is 1.75. The molecule has 1 heterocycles. The van der Waals surface area contributed by atoms with E-state index >= 15 is 0 Å². The van der Waals surface area contributed by atoms with Gasteiger partial charge in [-0.15, -0.1) is 11.8 Å². The number of ether oxygens (including phenoxy) is 1. The fraction of sp³-hybridized carbons (Fsp3) is 0.500. The zero-order valence-electron chi connectivity index (χ0n) is 10.2. The molecule has 2 unspecified atom stereocenters. The molecule has 2 nitrogen and oxygen atoms in total. The molecule has 0 bridgehead atoms. The van der Waals surface area contributed by atoms with Gasteiger partial charge >= 0.3 is 0 Å². The molecule has 92 valence electrons. The normalized spacial score (nSPS) is 20.6. The van der Waals surface area contributed by atoms with E-state index in [4.69, 9.17) is 4.74 Å². The molecule has 1 aliphatic rings. The molecule has 1 aromatic carbocycles. The highest BCUT2D eigenvalue weighted by molar-refractivity contribution is 8.00. The molecule has 0 spiro atoms. The van der Waals surface area contributed by atoms with Crippen LogP contribution in [0.1, 0.15) is 31.2 Å². The minimum absolute atomic E-state index is 0.0574. The van der Waals surface area contributed by atoms with Crippen molar-refractivity contribution in [1.29, 1.82) is 0 Å². The van der Waals surface area contributed by atoms with E-state index in [0.29, 0.717) is 5.92 Å². The second kappa shape index (κ2) is 6.82. The quantitative estimate of drug-likeness (QED) is 0.717. The Labute approximate surface area is 107 Å². The smallest absolute Gasteiger partial charge is 0.196 e. The Bertz CT molecular complexity index is 352. The third kappa shape index (κ3) is 4.17. The zero-order valence-corrected chi connectivity index (χ0v) is 11.0. The Morgan fingerprint density at radius 1 is 1.41 bits per heavy atom. The van der Waals surface area contributed by atoms with Crippen LogP contribution in [-0.2, 0) is 4.74 Å². The van der Waals surface area contributed by atoms with E-state index in [-0.39, 0.29) is 5.56 Å². The third-order valence-electron chi connectivity index (χ3n) is 2.95. The van der Waals surface area contributed by atoms with Crippen LogP contribution in [-0.4, -0.2) is 24.1 Å². The van der Waals surface area contributed by atoms with Gasteiger partial charge in [-0.1, -0.05) is 37.3 Å². The first-order valence-electron chi connectivity index (χ1n) is 6.16. The van der Waals surface area contributed by atoms with Crippen LogP contribution < -0.4 is 0 Å². The minimum atomic E-state index is 0.0574. The van der Waals surface area contributed by atoms with Crippen LogP contribution in [0.4, 0.5) is 0 Å². The van der Waals surface area contributed by atoms with Crippen LogP contribution >= 0.6 is 11.8 Å². The summed E-state index contributed by atoms with van der Waals surface area (Å²) in [6.45, 7) is 3.09. The van der Waals surface area contributed by atoms with Gasteiger partial charge < -0.3 is 4.74 Å². The molecule has 17 heavy (non-hydrogen) atoms. The molecule has 0 aromatic heterocycles. The van der Waals surface area contributed by atoms with Gasteiger partial charge in [0.25, 0.3) is 0 Å². The highest BCUT2D eigenvalue weighted by atomic mass is 32.2. The molecule has 0 N–H and O–H groups in total. The lowest BCUT2D eigenvalue weighted by atomic mass is 9.97. The fourth-order valence-electron chi connectivity index (χ4n) is 1.91. The van der Waals surface area contributed by atoms with E-state index in [9.17, 15) is 0 Å². The standard InChI is InChI=1S/C14H19NOS/c1-12(13-7-3-2-4-8-13)6-5-10-16-14-15-9-11-17-14/h2-4,7-9,12,14H,5-6,10-11H2,1H3. The first-order chi connectivity index (χ1) is 8.36. The van der Waals surface area contributed by atoms with Crippen molar-refractivity contribution in [3.63, 3.8) is 0 Å². The molecule has 2 rings (SSSR count). The first-order valence-corrected chi connectivity index (χ1v) is 7.21. The van der Waals surface area contributed by atoms with Gasteiger partial charge in [0.05, 0.1) is 6.61 Å². The molecule has 0 amide bonds. The maximum atomic E-state index is 5.65. The summed E-state index contributed by atoms with van der Waals surface area (Å²) in [5.74, 6) is 1.60. The Balaban J connectivity index is 1.63. The number of nitrogens with zero attached hydrogens (tertiary/aromatic N) is 1. The maximum absolute atomic E-state index is 5.65. The van der Waals surface area contributed by atoms with Gasteiger partial charge in [0.15, 0.2) is 5.56 Å². The topological polar surface area (TPSA) is 21.6 Å². The Morgan fingerprint density at radius 2 is 2.24 bits per heavy atom. The molecule has 1 aliphatic heterocycles. The van der Waals surface area contributed by atoms with E-state index in [1.807, 2.05) is 6.21 Å². The predicted octanol–water partition coefficient (Wildman–Crippen LogP) is 3.69. The molecule has 0 saturated heterocycles. The molecule has 2 atom stereocenters. The fourth-order valence-corrected chi connectivity index (χ4v) is 2.61. The van der Waals surface area contributed by atoms with Crippen molar-refractivity contribution in [3.05, 3.63) is 35.9 Å². The van der Waals surface area contributed by atoms with Gasteiger partial charge in [-0.05, 0) is 24.3 Å². The van der Waals surface area contributed by atoms with Crippen molar-refractivity contribution >= 4 is 18.0 Å². The minimum Gasteiger partial charge on any atom is -0.347 e. The van der Waals surface area contributed by atoms with E-state index in [0.717, 1.165) is 18.8 Å². The molecule has 1 aromatic rings. The zero-order chi connectivity index (χ0) is 11.9. The van der Waals surface area contributed by atoms with E-state index in [2.05, 4.69) is 42.2 Å². The van der Waals surface area contributed by atoms with Gasteiger partial charge in [-0.2, -0.15) is 0 Å². The third-order valence-corrected chi connectivity index (χ3v) is 3.84. The SMILES string of the molecule is CC(CCCOC1N=CCS1)c1ccccc1. The lowest BCUT2D eigenvalue weighted by Crippen LogP contribution is -2.05. The van der Waals surface area contributed by atoms with Crippen LogP contribution in [0, 0.1) is 0 Å². The van der Waals surface area contributed by atoms with Crippen molar-refractivity contribution in [1.82, 2.24) is 0 Å². The summed E-state index contributed by atoms with van der Waals surface area (Å²) in [4.78, 5) is 4.23. The average molecular weight is 249 g/mol. The second-order valence-corrected chi connectivity index (χ2v) is 5.37. The van der Waals surface area contributed by atoms with Crippen LogP contribution in [0.25, 0.3) is 0 Å². The molecular formula is C14H19NOS. The van der Waals surface area contributed by atoms with Crippen LogP contribution in [0.5, 0.6) is 0 Å². The summed E-state index contributed by atoms with van der Waals surface area (Å²) in [5.41, 5.74) is 1.47. The monoisotopic (exact) mass is 249 g/mol. The van der Waals surface area contributed by atoms with Crippen molar-refractivity contribution in [3.8, 4) is 0 Å².